The maximum absolute atomic E-state index is 12.6. The highest BCUT2D eigenvalue weighted by Crippen LogP contribution is 2.43. The highest BCUT2D eigenvalue weighted by molar-refractivity contribution is 5.89. The zero-order chi connectivity index (χ0) is 20.5. The van der Waals surface area contributed by atoms with Crippen molar-refractivity contribution in [2.24, 2.45) is 0 Å². The molecule has 0 fully saturated rings. The van der Waals surface area contributed by atoms with Gasteiger partial charge < -0.3 is 29.9 Å². The number of ether oxygens (including phenoxy) is 2. The molecule has 2 atom stereocenters. The molecule has 1 aliphatic heterocycles. The first-order valence-corrected chi connectivity index (χ1v) is 8.77. The zero-order valence-corrected chi connectivity index (χ0v) is 15.0. The van der Waals surface area contributed by atoms with Crippen LogP contribution in [0.25, 0.3) is 0 Å². The van der Waals surface area contributed by atoms with Gasteiger partial charge in [-0.2, -0.15) is 0 Å². The van der Waals surface area contributed by atoms with Gasteiger partial charge in [0.05, 0.1) is 5.56 Å². The van der Waals surface area contributed by atoms with Gasteiger partial charge in [0.2, 0.25) is 0 Å². The summed E-state index contributed by atoms with van der Waals surface area (Å²) in [5.41, 5.74) is 1.07. The Hall–Kier alpha value is -3.94. The highest BCUT2D eigenvalue weighted by Gasteiger charge is 2.36. The predicted molar refractivity (Wildman–Crippen MR) is 100 cm³/mol. The first kappa shape index (κ1) is 18.4. The van der Waals surface area contributed by atoms with E-state index in [9.17, 15) is 25.2 Å². The summed E-state index contributed by atoms with van der Waals surface area (Å²) in [6, 6.07) is 9.81. The molecule has 0 unspecified atom stereocenters. The van der Waals surface area contributed by atoms with Crippen molar-refractivity contribution in [3.8, 4) is 28.7 Å². The summed E-state index contributed by atoms with van der Waals surface area (Å²) < 4.78 is 11.6. The van der Waals surface area contributed by atoms with E-state index in [1.165, 1.54) is 42.7 Å². The van der Waals surface area contributed by atoms with Crippen LogP contribution in [0.5, 0.6) is 28.7 Å². The number of esters is 1. The molecule has 1 aromatic heterocycles. The molecule has 0 saturated carbocycles. The van der Waals surface area contributed by atoms with Crippen molar-refractivity contribution in [1.29, 1.82) is 0 Å². The average Bonchev–Trinajstić information content (AvgIpc) is 2.70. The van der Waals surface area contributed by atoms with Gasteiger partial charge in [0.25, 0.3) is 0 Å². The first-order chi connectivity index (χ1) is 13.9. The van der Waals surface area contributed by atoms with Gasteiger partial charge in [-0.3, -0.25) is 4.98 Å². The average molecular weight is 395 g/mol. The van der Waals surface area contributed by atoms with Crippen LogP contribution in [0.4, 0.5) is 0 Å². The summed E-state index contributed by atoms with van der Waals surface area (Å²) in [5, 5.41) is 39.4. The summed E-state index contributed by atoms with van der Waals surface area (Å²) >= 11 is 0. The monoisotopic (exact) mass is 395 g/mol. The van der Waals surface area contributed by atoms with E-state index in [-0.39, 0.29) is 40.7 Å². The lowest BCUT2D eigenvalue weighted by molar-refractivity contribution is -0.0188. The van der Waals surface area contributed by atoms with Crippen molar-refractivity contribution in [3.05, 3.63) is 71.5 Å². The normalized spacial score (nSPS) is 17.8. The number of carbonyl (C=O) groups excluding carboxylic acids is 1. The molecule has 2 aromatic carbocycles. The lowest BCUT2D eigenvalue weighted by Crippen LogP contribution is -2.34. The zero-order valence-electron chi connectivity index (χ0n) is 15.0. The quantitative estimate of drug-likeness (QED) is 0.394. The lowest BCUT2D eigenvalue weighted by Gasteiger charge is -2.34. The van der Waals surface area contributed by atoms with E-state index in [0.717, 1.165) is 0 Å². The van der Waals surface area contributed by atoms with Crippen LogP contribution in [0.15, 0.2) is 54.9 Å². The van der Waals surface area contributed by atoms with Crippen molar-refractivity contribution < 1.29 is 34.7 Å². The Morgan fingerprint density at radius 3 is 2.59 bits per heavy atom. The first-order valence-electron chi connectivity index (χ1n) is 8.77. The number of aromatic nitrogens is 1. The van der Waals surface area contributed by atoms with E-state index < -0.39 is 18.2 Å². The molecule has 2 heterocycles. The van der Waals surface area contributed by atoms with Gasteiger partial charge in [-0.05, 0) is 24.3 Å². The fraction of sp³-hybridized carbons (Fsp3) is 0.143. The smallest absolute Gasteiger partial charge is 0.340 e. The highest BCUT2D eigenvalue weighted by atomic mass is 16.6. The van der Waals surface area contributed by atoms with Gasteiger partial charge in [0, 0.05) is 42.1 Å². The third-order valence-electron chi connectivity index (χ3n) is 4.65. The van der Waals surface area contributed by atoms with E-state index in [1.54, 1.807) is 12.1 Å². The predicted octanol–water partition coefficient (Wildman–Crippen LogP) is 2.81. The molecule has 4 rings (SSSR count). The van der Waals surface area contributed by atoms with Crippen LogP contribution in [0, 0.1) is 0 Å². The molecule has 148 valence electrons. The van der Waals surface area contributed by atoms with Gasteiger partial charge in [-0.15, -0.1) is 0 Å². The van der Waals surface area contributed by atoms with Crippen LogP contribution in [-0.2, 0) is 11.2 Å². The number of pyridine rings is 1. The molecular weight excluding hydrogens is 378 g/mol. The van der Waals surface area contributed by atoms with Crippen LogP contribution in [-0.4, -0.2) is 37.5 Å². The minimum absolute atomic E-state index is 0.111. The number of phenolic OH excluding ortho intramolecular Hbond substituents is 4. The van der Waals surface area contributed by atoms with Crippen LogP contribution < -0.4 is 4.74 Å². The molecule has 8 heteroatoms. The van der Waals surface area contributed by atoms with Crippen molar-refractivity contribution in [2.45, 2.75) is 18.6 Å². The number of phenols is 4. The van der Waals surface area contributed by atoms with Gasteiger partial charge >= 0.3 is 5.97 Å². The molecule has 0 bridgehead atoms. The number of hydrogen-bond acceptors (Lipinski definition) is 8. The maximum atomic E-state index is 12.6. The number of benzene rings is 2. The second-order valence-corrected chi connectivity index (χ2v) is 6.62. The molecular formula is C21H17NO7. The molecule has 0 radical (unpaired) electrons. The fourth-order valence-electron chi connectivity index (χ4n) is 3.24. The third kappa shape index (κ3) is 3.60. The summed E-state index contributed by atoms with van der Waals surface area (Å²) in [4.78, 5) is 16.4. The Morgan fingerprint density at radius 2 is 1.86 bits per heavy atom. The number of hydrogen-bond donors (Lipinski definition) is 4. The van der Waals surface area contributed by atoms with E-state index in [4.69, 9.17) is 9.47 Å². The van der Waals surface area contributed by atoms with Crippen LogP contribution in [0.2, 0.25) is 0 Å². The molecule has 0 aliphatic carbocycles. The van der Waals surface area contributed by atoms with Crippen molar-refractivity contribution in [1.82, 2.24) is 4.98 Å². The molecule has 3 aromatic rings. The fourth-order valence-corrected chi connectivity index (χ4v) is 3.24. The third-order valence-corrected chi connectivity index (χ3v) is 4.65. The molecule has 0 saturated heterocycles. The second kappa shape index (κ2) is 7.23. The molecule has 29 heavy (non-hydrogen) atoms. The number of nitrogens with zero attached hydrogens (tertiary/aromatic N) is 1. The number of rotatable bonds is 3. The Bertz CT molecular complexity index is 1070. The Labute approximate surface area is 165 Å². The van der Waals surface area contributed by atoms with E-state index >= 15 is 0 Å². The SMILES string of the molecule is O=C(O[C@@H]1Cc2c(O)cc(O)cc2O[C@H]1c1ccc(O)c(O)c1)c1cccnc1. The second-order valence-electron chi connectivity index (χ2n) is 6.62. The van der Waals surface area contributed by atoms with Crippen LogP contribution in [0.1, 0.15) is 27.6 Å². The largest absolute Gasteiger partial charge is 0.508 e. The minimum atomic E-state index is -0.852. The number of fused-ring (bicyclic) bond motifs is 1. The molecule has 8 nitrogen and oxygen atoms in total. The molecule has 1 aliphatic rings. The van der Waals surface area contributed by atoms with Crippen LogP contribution >= 0.6 is 0 Å². The summed E-state index contributed by atoms with van der Waals surface area (Å²) in [7, 11) is 0. The Morgan fingerprint density at radius 1 is 1.03 bits per heavy atom. The minimum Gasteiger partial charge on any atom is -0.508 e. The maximum Gasteiger partial charge on any atom is 0.340 e. The van der Waals surface area contributed by atoms with Crippen LogP contribution in [0.3, 0.4) is 0 Å². The molecule has 0 amide bonds. The van der Waals surface area contributed by atoms with Gasteiger partial charge in [-0.1, -0.05) is 6.07 Å². The van der Waals surface area contributed by atoms with Crippen molar-refractivity contribution >= 4 is 5.97 Å². The van der Waals surface area contributed by atoms with Gasteiger partial charge in [-0.25, -0.2) is 4.79 Å². The topological polar surface area (TPSA) is 129 Å². The summed E-state index contributed by atoms with van der Waals surface area (Å²) in [6.45, 7) is 0. The molecule has 4 N–H and O–H groups in total. The Kier molecular flexibility index (Phi) is 4.59. The van der Waals surface area contributed by atoms with Crippen molar-refractivity contribution in [3.63, 3.8) is 0 Å². The lowest BCUT2D eigenvalue weighted by atomic mass is 9.93. The van der Waals surface area contributed by atoms with Gasteiger partial charge in [0.15, 0.2) is 17.6 Å². The van der Waals surface area contributed by atoms with E-state index in [1.807, 2.05) is 0 Å². The standard InChI is InChI=1S/C21H17NO7/c23-13-7-16(25)14-9-19(29-21(27)12-2-1-5-22-10-12)20(28-18(14)8-13)11-3-4-15(24)17(26)6-11/h1-8,10,19-20,23-26H,9H2/t19-,20+/m1/s1. The Balaban J connectivity index is 1.72. The number of aromatic hydroxyl groups is 4. The van der Waals surface area contributed by atoms with E-state index in [0.29, 0.717) is 11.1 Å². The van der Waals surface area contributed by atoms with Gasteiger partial charge in [0.1, 0.15) is 23.4 Å². The van der Waals surface area contributed by atoms with Crippen molar-refractivity contribution in [2.75, 3.05) is 0 Å². The number of carbonyl (C=O) groups is 1. The molecule has 0 spiro atoms. The van der Waals surface area contributed by atoms with E-state index in [2.05, 4.69) is 4.98 Å². The summed E-state index contributed by atoms with van der Waals surface area (Å²) in [6.07, 6.45) is 1.31. The summed E-state index contributed by atoms with van der Waals surface area (Å²) in [5.74, 6) is -1.42.